The molecule has 0 radical (unpaired) electrons. The molecule has 5 nitrogen and oxygen atoms in total. The monoisotopic (exact) mass is 261 g/mol. The van der Waals surface area contributed by atoms with Gasteiger partial charge < -0.3 is 10.6 Å². The van der Waals surface area contributed by atoms with Crippen LogP contribution in [0.15, 0.2) is 12.1 Å². The molecule has 0 amide bonds. The lowest BCUT2D eigenvalue weighted by molar-refractivity contribution is 0.429. The van der Waals surface area contributed by atoms with Crippen molar-refractivity contribution in [1.82, 2.24) is 20.5 Å². The number of anilines is 2. The van der Waals surface area contributed by atoms with Gasteiger partial charge in [-0.3, -0.25) is 5.10 Å². The van der Waals surface area contributed by atoms with Crippen LogP contribution in [0.3, 0.4) is 0 Å². The maximum Gasteiger partial charge on any atom is 0.168 e. The first-order chi connectivity index (χ1) is 8.97. The molecule has 0 saturated heterocycles. The van der Waals surface area contributed by atoms with Crippen LogP contribution >= 0.6 is 0 Å². The maximum absolute atomic E-state index is 13.7. The molecule has 19 heavy (non-hydrogen) atoms. The number of hydrogen-bond donors (Lipinski definition) is 3. The summed E-state index contributed by atoms with van der Waals surface area (Å²) < 4.78 is 13.7. The third kappa shape index (κ3) is 1.98. The molecule has 0 bridgehead atoms. The Morgan fingerprint density at radius 1 is 1.32 bits per heavy atom. The molecule has 0 aliphatic carbocycles. The minimum atomic E-state index is -0.382. The van der Waals surface area contributed by atoms with E-state index in [4.69, 9.17) is 0 Å². The molecule has 1 aliphatic rings. The van der Waals surface area contributed by atoms with E-state index >= 15 is 0 Å². The van der Waals surface area contributed by atoms with Crippen molar-refractivity contribution in [3.05, 3.63) is 34.9 Å². The van der Waals surface area contributed by atoms with Gasteiger partial charge in [0.25, 0.3) is 0 Å². The molecule has 0 atom stereocenters. The molecule has 100 valence electrons. The summed E-state index contributed by atoms with van der Waals surface area (Å²) in [5.41, 5.74) is 2.69. The van der Waals surface area contributed by atoms with E-state index in [0.29, 0.717) is 12.4 Å². The Kier molecular flexibility index (Phi) is 2.56. The molecule has 0 unspecified atom stereocenters. The van der Waals surface area contributed by atoms with E-state index in [1.54, 1.807) is 6.07 Å². The van der Waals surface area contributed by atoms with E-state index in [9.17, 15) is 4.39 Å². The molecule has 6 heteroatoms. The normalized spacial score (nSPS) is 16.4. The molecule has 1 aliphatic heterocycles. The molecule has 0 aromatic carbocycles. The van der Waals surface area contributed by atoms with E-state index in [1.165, 1.54) is 6.07 Å². The summed E-state index contributed by atoms with van der Waals surface area (Å²) in [6.45, 7) is 6.68. The van der Waals surface area contributed by atoms with Gasteiger partial charge in [-0.2, -0.15) is 5.10 Å². The fraction of sp³-hybridized carbons (Fsp3) is 0.385. The van der Waals surface area contributed by atoms with Crippen molar-refractivity contribution in [2.75, 3.05) is 5.32 Å². The quantitative estimate of drug-likeness (QED) is 0.776. The third-order valence-corrected chi connectivity index (χ3v) is 3.42. The second kappa shape index (κ2) is 4.03. The minimum absolute atomic E-state index is 0.138. The Labute approximate surface area is 110 Å². The number of nitrogens with one attached hydrogen (secondary N) is 3. The number of aromatic amines is 1. The average molecular weight is 261 g/mol. The zero-order valence-electron chi connectivity index (χ0n) is 11.1. The molecular weight excluding hydrogens is 245 g/mol. The smallest absolute Gasteiger partial charge is 0.168 e. The van der Waals surface area contributed by atoms with E-state index < -0.39 is 0 Å². The second-order valence-corrected chi connectivity index (χ2v) is 5.31. The minimum Gasteiger partial charge on any atom is -0.321 e. The average Bonchev–Trinajstić information content (AvgIpc) is 2.87. The highest BCUT2D eigenvalue weighted by Gasteiger charge is 2.33. The second-order valence-electron chi connectivity index (χ2n) is 5.31. The molecule has 0 fully saturated rings. The van der Waals surface area contributed by atoms with Crippen LogP contribution in [0.5, 0.6) is 0 Å². The maximum atomic E-state index is 13.7. The first-order valence-electron chi connectivity index (χ1n) is 6.20. The zero-order valence-corrected chi connectivity index (χ0v) is 11.1. The zero-order chi connectivity index (χ0) is 13.6. The summed E-state index contributed by atoms with van der Waals surface area (Å²) in [5.74, 6) is 0.455. The van der Waals surface area contributed by atoms with Gasteiger partial charge in [0, 0.05) is 17.8 Å². The summed E-state index contributed by atoms with van der Waals surface area (Å²) in [4.78, 5) is 4.15. The standard InChI is InChI=1S/C13H16FN5/c1-7-4-5-9(14)12(16-7)17-11-8-6-15-13(2,3)10(8)18-19-11/h4-5,15H,6H2,1-3H3,(H2,16,17,18,19). The Morgan fingerprint density at radius 3 is 2.89 bits per heavy atom. The summed E-state index contributed by atoms with van der Waals surface area (Å²) in [6, 6.07) is 3.04. The molecule has 3 heterocycles. The summed E-state index contributed by atoms with van der Waals surface area (Å²) in [7, 11) is 0. The van der Waals surface area contributed by atoms with Gasteiger partial charge in [-0.05, 0) is 32.9 Å². The van der Waals surface area contributed by atoms with Gasteiger partial charge in [-0.25, -0.2) is 9.37 Å². The van der Waals surface area contributed by atoms with Crippen LogP contribution in [-0.4, -0.2) is 15.2 Å². The van der Waals surface area contributed by atoms with Crippen LogP contribution < -0.4 is 10.6 Å². The van der Waals surface area contributed by atoms with Gasteiger partial charge in [-0.1, -0.05) is 0 Å². The van der Waals surface area contributed by atoms with Crippen molar-refractivity contribution in [1.29, 1.82) is 0 Å². The van der Waals surface area contributed by atoms with E-state index in [1.807, 2.05) is 6.92 Å². The van der Waals surface area contributed by atoms with E-state index in [-0.39, 0.29) is 17.2 Å². The van der Waals surface area contributed by atoms with Crippen LogP contribution in [-0.2, 0) is 12.1 Å². The van der Waals surface area contributed by atoms with Crippen molar-refractivity contribution in [3.63, 3.8) is 0 Å². The van der Waals surface area contributed by atoms with Gasteiger partial charge in [0.1, 0.15) is 0 Å². The number of fused-ring (bicyclic) bond motifs is 1. The SMILES string of the molecule is Cc1ccc(F)c(Nc2n[nH]c3c2CNC3(C)C)n1. The molecule has 2 aromatic heterocycles. The van der Waals surface area contributed by atoms with Crippen molar-refractivity contribution >= 4 is 11.6 Å². The topological polar surface area (TPSA) is 65.6 Å². The predicted octanol–water partition coefficient (Wildman–Crippen LogP) is 2.33. The Balaban J connectivity index is 1.95. The lowest BCUT2D eigenvalue weighted by Gasteiger charge is -2.16. The number of hydrogen-bond acceptors (Lipinski definition) is 4. The van der Waals surface area contributed by atoms with Crippen molar-refractivity contribution in [2.45, 2.75) is 32.9 Å². The lowest BCUT2D eigenvalue weighted by atomic mass is 10.0. The Morgan fingerprint density at radius 2 is 2.11 bits per heavy atom. The number of rotatable bonds is 2. The number of aryl methyl sites for hydroxylation is 1. The summed E-state index contributed by atoms with van der Waals surface area (Å²) >= 11 is 0. The van der Waals surface area contributed by atoms with Crippen molar-refractivity contribution < 1.29 is 4.39 Å². The highest BCUT2D eigenvalue weighted by atomic mass is 19.1. The van der Waals surface area contributed by atoms with Crippen LogP contribution in [0.2, 0.25) is 0 Å². The largest absolute Gasteiger partial charge is 0.321 e. The predicted molar refractivity (Wildman–Crippen MR) is 70.7 cm³/mol. The molecule has 0 saturated carbocycles. The number of pyridine rings is 1. The van der Waals surface area contributed by atoms with Crippen LogP contribution in [0.4, 0.5) is 16.0 Å². The Hall–Kier alpha value is -1.95. The number of H-pyrrole nitrogens is 1. The number of halogens is 1. The molecule has 2 aromatic rings. The summed E-state index contributed by atoms with van der Waals surface area (Å²) in [5, 5.41) is 13.6. The highest BCUT2D eigenvalue weighted by molar-refractivity contribution is 5.59. The Bertz CT molecular complexity index is 632. The first kappa shape index (κ1) is 12.1. The van der Waals surface area contributed by atoms with Gasteiger partial charge in [-0.15, -0.1) is 0 Å². The van der Waals surface area contributed by atoms with Gasteiger partial charge in [0.2, 0.25) is 0 Å². The molecule has 3 N–H and O–H groups in total. The molecule has 0 spiro atoms. The fourth-order valence-corrected chi connectivity index (χ4v) is 2.29. The van der Waals surface area contributed by atoms with Crippen molar-refractivity contribution in [2.24, 2.45) is 0 Å². The van der Waals surface area contributed by atoms with Gasteiger partial charge in [0.15, 0.2) is 17.5 Å². The molecular formula is C13H16FN5. The molecule has 3 rings (SSSR count). The van der Waals surface area contributed by atoms with Crippen molar-refractivity contribution in [3.8, 4) is 0 Å². The summed E-state index contributed by atoms with van der Waals surface area (Å²) in [6.07, 6.45) is 0. The number of nitrogens with zero attached hydrogens (tertiary/aromatic N) is 2. The van der Waals surface area contributed by atoms with Gasteiger partial charge >= 0.3 is 0 Å². The van der Waals surface area contributed by atoms with Crippen LogP contribution in [0.25, 0.3) is 0 Å². The lowest BCUT2D eigenvalue weighted by Crippen LogP contribution is -2.29. The third-order valence-electron chi connectivity index (χ3n) is 3.42. The van der Waals surface area contributed by atoms with E-state index in [2.05, 4.69) is 39.7 Å². The van der Waals surface area contributed by atoms with Crippen LogP contribution in [0.1, 0.15) is 30.8 Å². The number of aromatic nitrogens is 3. The highest BCUT2D eigenvalue weighted by Crippen LogP contribution is 2.33. The van der Waals surface area contributed by atoms with Crippen LogP contribution in [0, 0.1) is 12.7 Å². The fourth-order valence-electron chi connectivity index (χ4n) is 2.29. The first-order valence-corrected chi connectivity index (χ1v) is 6.20. The van der Waals surface area contributed by atoms with E-state index in [0.717, 1.165) is 17.0 Å². The van der Waals surface area contributed by atoms with Gasteiger partial charge in [0.05, 0.1) is 11.2 Å².